The molecular formula is C11H20N2. The molecule has 0 aromatic carbocycles. The highest BCUT2D eigenvalue weighted by atomic mass is 14.8. The lowest BCUT2D eigenvalue weighted by Crippen LogP contribution is -2.50. The van der Waals surface area contributed by atoms with Crippen LogP contribution >= 0.6 is 0 Å². The van der Waals surface area contributed by atoms with Gasteiger partial charge >= 0.3 is 0 Å². The SMILES string of the molecule is CCC1=CC(C)C(N)(CC)C(N)=C1. The molecule has 0 aliphatic heterocycles. The van der Waals surface area contributed by atoms with Crippen molar-refractivity contribution in [2.45, 2.75) is 39.2 Å². The van der Waals surface area contributed by atoms with Crippen molar-refractivity contribution in [1.29, 1.82) is 0 Å². The van der Waals surface area contributed by atoms with Crippen LogP contribution in [0.15, 0.2) is 23.4 Å². The van der Waals surface area contributed by atoms with Crippen LogP contribution in [0.2, 0.25) is 0 Å². The van der Waals surface area contributed by atoms with Crippen LogP contribution in [-0.4, -0.2) is 5.54 Å². The van der Waals surface area contributed by atoms with Crippen molar-refractivity contribution in [3.05, 3.63) is 23.4 Å². The van der Waals surface area contributed by atoms with Gasteiger partial charge in [-0.15, -0.1) is 0 Å². The van der Waals surface area contributed by atoms with Crippen LogP contribution in [0.3, 0.4) is 0 Å². The molecule has 0 aromatic rings. The van der Waals surface area contributed by atoms with Gasteiger partial charge in [0.1, 0.15) is 0 Å². The molecule has 0 radical (unpaired) electrons. The third-order valence-corrected chi connectivity index (χ3v) is 3.15. The summed E-state index contributed by atoms with van der Waals surface area (Å²) < 4.78 is 0. The lowest BCUT2D eigenvalue weighted by molar-refractivity contribution is 0.373. The van der Waals surface area contributed by atoms with Gasteiger partial charge in [-0.2, -0.15) is 0 Å². The van der Waals surface area contributed by atoms with Gasteiger partial charge < -0.3 is 11.5 Å². The molecule has 1 aliphatic carbocycles. The molecule has 0 heterocycles. The first-order valence-electron chi connectivity index (χ1n) is 5.01. The van der Waals surface area contributed by atoms with Crippen molar-refractivity contribution in [3.63, 3.8) is 0 Å². The zero-order valence-corrected chi connectivity index (χ0v) is 8.80. The van der Waals surface area contributed by atoms with E-state index in [2.05, 4.69) is 26.8 Å². The molecule has 0 spiro atoms. The van der Waals surface area contributed by atoms with Crippen molar-refractivity contribution in [1.82, 2.24) is 0 Å². The Morgan fingerprint density at radius 2 is 2.08 bits per heavy atom. The van der Waals surface area contributed by atoms with Gasteiger partial charge in [-0.25, -0.2) is 0 Å². The molecule has 0 aromatic heterocycles. The summed E-state index contributed by atoms with van der Waals surface area (Å²) in [7, 11) is 0. The first-order valence-corrected chi connectivity index (χ1v) is 5.01. The lowest BCUT2D eigenvalue weighted by Gasteiger charge is -2.37. The first-order chi connectivity index (χ1) is 6.04. The highest BCUT2D eigenvalue weighted by Crippen LogP contribution is 2.31. The predicted octanol–water partition coefficient (Wildman–Crippen LogP) is 1.92. The van der Waals surface area contributed by atoms with E-state index in [0.717, 1.165) is 18.5 Å². The normalized spacial score (nSPS) is 34.0. The monoisotopic (exact) mass is 180 g/mol. The molecule has 1 aliphatic rings. The number of hydrogen-bond acceptors (Lipinski definition) is 2. The molecule has 0 saturated heterocycles. The van der Waals surface area contributed by atoms with Crippen LogP contribution in [0.4, 0.5) is 0 Å². The summed E-state index contributed by atoms with van der Waals surface area (Å²) in [5.74, 6) is 0.345. The predicted molar refractivity (Wildman–Crippen MR) is 57.0 cm³/mol. The number of hydrogen-bond donors (Lipinski definition) is 2. The fraction of sp³-hybridized carbons (Fsp3) is 0.636. The Bertz CT molecular complexity index is 253. The second-order valence-corrected chi connectivity index (χ2v) is 3.88. The van der Waals surface area contributed by atoms with Crippen molar-refractivity contribution >= 4 is 0 Å². The minimum atomic E-state index is -0.321. The van der Waals surface area contributed by atoms with Crippen LogP contribution in [0.25, 0.3) is 0 Å². The molecular weight excluding hydrogens is 160 g/mol. The molecule has 74 valence electrons. The molecule has 1 rings (SSSR count). The highest BCUT2D eigenvalue weighted by molar-refractivity contribution is 5.36. The third kappa shape index (κ3) is 1.63. The Morgan fingerprint density at radius 1 is 1.46 bits per heavy atom. The van der Waals surface area contributed by atoms with Crippen LogP contribution in [-0.2, 0) is 0 Å². The average Bonchev–Trinajstić information content (AvgIpc) is 2.13. The van der Waals surface area contributed by atoms with Crippen LogP contribution in [0.5, 0.6) is 0 Å². The van der Waals surface area contributed by atoms with Gasteiger partial charge in [0.2, 0.25) is 0 Å². The number of allylic oxidation sites excluding steroid dienone is 2. The van der Waals surface area contributed by atoms with E-state index in [0.29, 0.717) is 5.92 Å². The molecule has 0 fully saturated rings. The largest absolute Gasteiger partial charge is 0.401 e. The molecule has 2 heteroatoms. The van der Waals surface area contributed by atoms with Crippen LogP contribution < -0.4 is 11.5 Å². The Kier molecular flexibility index (Phi) is 2.81. The topological polar surface area (TPSA) is 52.0 Å². The summed E-state index contributed by atoms with van der Waals surface area (Å²) in [5.41, 5.74) is 14.0. The average molecular weight is 180 g/mol. The van der Waals surface area contributed by atoms with Crippen LogP contribution in [0, 0.1) is 5.92 Å². The summed E-state index contributed by atoms with van der Waals surface area (Å²) in [6.45, 7) is 6.36. The fourth-order valence-corrected chi connectivity index (χ4v) is 1.86. The Labute approximate surface area is 80.7 Å². The molecule has 0 bridgehead atoms. The smallest absolute Gasteiger partial charge is 0.0614 e. The standard InChI is InChI=1S/C11H20N2/c1-4-9-6-8(3)11(13,5-2)10(12)7-9/h6-8H,4-5,12-13H2,1-3H3. The van der Waals surface area contributed by atoms with Crippen molar-refractivity contribution in [3.8, 4) is 0 Å². The van der Waals surface area contributed by atoms with E-state index in [-0.39, 0.29) is 5.54 Å². The van der Waals surface area contributed by atoms with Gasteiger partial charge in [-0.1, -0.05) is 32.4 Å². The van der Waals surface area contributed by atoms with Gasteiger partial charge in [-0.05, 0) is 24.8 Å². The maximum absolute atomic E-state index is 6.22. The van der Waals surface area contributed by atoms with Gasteiger partial charge in [0.05, 0.1) is 5.54 Å². The molecule has 0 amide bonds. The highest BCUT2D eigenvalue weighted by Gasteiger charge is 2.33. The quantitative estimate of drug-likeness (QED) is 0.682. The summed E-state index contributed by atoms with van der Waals surface area (Å²) in [4.78, 5) is 0. The van der Waals surface area contributed by atoms with Crippen molar-refractivity contribution in [2.75, 3.05) is 0 Å². The summed E-state index contributed by atoms with van der Waals surface area (Å²) in [6.07, 6.45) is 6.19. The summed E-state index contributed by atoms with van der Waals surface area (Å²) in [6, 6.07) is 0. The number of nitrogens with two attached hydrogens (primary N) is 2. The van der Waals surface area contributed by atoms with E-state index in [4.69, 9.17) is 11.5 Å². The van der Waals surface area contributed by atoms with E-state index in [1.54, 1.807) is 0 Å². The van der Waals surface area contributed by atoms with E-state index in [9.17, 15) is 0 Å². The lowest BCUT2D eigenvalue weighted by atomic mass is 9.76. The van der Waals surface area contributed by atoms with E-state index in [1.165, 1.54) is 5.57 Å². The molecule has 13 heavy (non-hydrogen) atoms. The molecule has 0 saturated carbocycles. The van der Waals surface area contributed by atoms with E-state index in [1.807, 2.05) is 6.08 Å². The van der Waals surface area contributed by atoms with E-state index >= 15 is 0 Å². The zero-order valence-electron chi connectivity index (χ0n) is 8.80. The third-order valence-electron chi connectivity index (χ3n) is 3.15. The Hall–Kier alpha value is -0.760. The second-order valence-electron chi connectivity index (χ2n) is 3.88. The van der Waals surface area contributed by atoms with Gasteiger partial charge in [0.25, 0.3) is 0 Å². The maximum atomic E-state index is 6.22. The second kappa shape index (κ2) is 3.54. The molecule has 4 N–H and O–H groups in total. The molecule has 2 atom stereocenters. The van der Waals surface area contributed by atoms with Gasteiger partial charge in [0.15, 0.2) is 0 Å². The van der Waals surface area contributed by atoms with Crippen LogP contribution in [0.1, 0.15) is 33.6 Å². The fourth-order valence-electron chi connectivity index (χ4n) is 1.86. The van der Waals surface area contributed by atoms with Crippen molar-refractivity contribution < 1.29 is 0 Å². The van der Waals surface area contributed by atoms with Gasteiger partial charge in [-0.3, -0.25) is 0 Å². The van der Waals surface area contributed by atoms with E-state index < -0.39 is 0 Å². The summed E-state index contributed by atoms with van der Waals surface area (Å²) in [5, 5.41) is 0. The minimum absolute atomic E-state index is 0.321. The first kappa shape index (κ1) is 10.3. The Balaban J connectivity index is 2.99. The minimum Gasteiger partial charge on any atom is -0.401 e. The Morgan fingerprint density at radius 3 is 2.46 bits per heavy atom. The number of rotatable bonds is 2. The zero-order chi connectivity index (χ0) is 10.1. The molecule has 2 unspecified atom stereocenters. The maximum Gasteiger partial charge on any atom is 0.0614 e. The summed E-state index contributed by atoms with van der Waals surface area (Å²) >= 11 is 0. The van der Waals surface area contributed by atoms with Gasteiger partial charge in [0, 0.05) is 5.70 Å². The molecule has 2 nitrogen and oxygen atoms in total. The van der Waals surface area contributed by atoms with Crippen molar-refractivity contribution in [2.24, 2.45) is 17.4 Å².